The molecule has 3 rings (SSSR count). The lowest BCUT2D eigenvalue weighted by atomic mass is 10.1. The predicted octanol–water partition coefficient (Wildman–Crippen LogP) is 4.62. The van der Waals surface area contributed by atoms with Gasteiger partial charge < -0.3 is 0 Å². The van der Waals surface area contributed by atoms with Crippen LogP contribution in [0.15, 0.2) is 61.0 Å². The molecule has 0 saturated heterocycles. The number of hydrogen-bond donors (Lipinski definition) is 0. The summed E-state index contributed by atoms with van der Waals surface area (Å²) in [4.78, 5) is 20.5. The Morgan fingerprint density at radius 2 is 1.96 bits per heavy atom. The number of allylic oxidation sites excluding steroid dienone is 4. The number of halogens is 1. The average molecular weight is 338 g/mol. The van der Waals surface area contributed by atoms with Gasteiger partial charge in [-0.3, -0.25) is 14.3 Å². The number of benzene rings is 1. The zero-order valence-electron chi connectivity index (χ0n) is 13.4. The molecule has 0 spiro atoms. The lowest BCUT2D eigenvalue weighted by Gasteiger charge is -2.10. The van der Waals surface area contributed by atoms with Crippen molar-refractivity contribution in [3.63, 3.8) is 0 Å². The number of pyridine rings is 1. The number of nitrogens with zero attached hydrogens (tertiary/aromatic N) is 3. The normalized spacial score (nSPS) is 12.2. The van der Waals surface area contributed by atoms with Gasteiger partial charge in [-0.2, -0.15) is 0 Å². The third-order valence-corrected chi connectivity index (χ3v) is 3.76. The fraction of sp³-hybridized carbons (Fsp3) is 0.105. The first-order valence-electron chi connectivity index (χ1n) is 7.54. The molecule has 2 aromatic heterocycles. The highest BCUT2D eigenvalue weighted by atomic mass is 35.5. The van der Waals surface area contributed by atoms with E-state index in [1.165, 1.54) is 6.92 Å². The maximum atomic E-state index is 11.6. The minimum absolute atomic E-state index is 0.0315. The van der Waals surface area contributed by atoms with E-state index in [0.29, 0.717) is 10.8 Å². The van der Waals surface area contributed by atoms with Crippen molar-refractivity contribution in [2.24, 2.45) is 0 Å². The van der Waals surface area contributed by atoms with Gasteiger partial charge in [0.05, 0.1) is 17.2 Å². The molecule has 0 aliphatic rings. The first-order valence-corrected chi connectivity index (χ1v) is 7.91. The van der Waals surface area contributed by atoms with Gasteiger partial charge in [0, 0.05) is 22.5 Å². The van der Waals surface area contributed by atoms with Crippen molar-refractivity contribution < 1.29 is 4.79 Å². The van der Waals surface area contributed by atoms with Gasteiger partial charge >= 0.3 is 0 Å². The number of rotatable bonds is 4. The lowest BCUT2D eigenvalue weighted by molar-refractivity contribution is -0.112. The maximum absolute atomic E-state index is 11.6. The van der Waals surface area contributed by atoms with Crippen molar-refractivity contribution >= 4 is 34.0 Å². The number of carbonyl (C=O) groups excluding carboxylic acids is 1. The number of ketones is 1. The van der Waals surface area contributed by atoms with E-state index in [1.54, 1.807) is 18.5 Å². The van der Waals surface area contributed by atoms with Crippen LogP contribution in [-0.4, -0.2) is 20.3 Å². The Labute approximate surface area is 145 Å². The van der Waals surface area contributed by atoms with Gasteiger partial charge in [0.2, 0.25) is 0 Å². The molecule has 3 aromatic rings. The van der Waals surface area contributed by atoms with Gasteiger partial charge in [0.15, 0.2) is 5.78 Å². The summed E-state index contributed by atoms with van der Waals surface area (Å²) in [6.45, 7) is 3.44. The highest BCUT2D eigenvalue weighted by Crippen LogP contribution is 2.27. The minimum atomic E-state index is -0.0315. The number of hydrogen-bond acceptors (Lipinski definition) is 3. The van der Waals surface area contributed by atoms with Crippen LogP contribution < -0.4 is 0 Å². The monoisotopic (exact) mass is 337 g/mol. The molecular weight excluding hydrogens is 322 g/mol. The van der Waals surface area contributed by atoms with Crippen LogP contribution in [0.5, 0.6) is 0 Å². The third-order valence-electron chi connectivity index (χ3n) is 3.50. The second-order valence-corrected chi connectivity index (χ2v) is 5.76. The van der Waals surface area contributed by atoms with E-state index in [1.807, 2.05) is 54.0 Å². The Bertz CT molecular complexity index is 952. The lowest BCUT2D eigenvalue weighted by Crippen LogP contribution is -2.01. The van der Waals surface area contributed by atoms with E-state index in [2.05, 4.69) is 4.98 Å². The molecule has 0 bridgehead atoms. The summed E-state index contributed by atoms with van der Waals surface area (Å²) in [5.41, 5.74) is 3.34. The molecule has 0 atom stereocenters. The summed E-state index contributed by atoms with van der Waals surface area (Å²) < 4.78 is 1.98. The Morgan fingerprint density at radius 3 is 2.62 bits per heavy atom. The van der Waals surface area contributed by atoms with E-state index < -0.39 is 0 Å². The summed E-state index contributed by atoms with van der Waals surface area (Å²) in [6, 6.07) is 9.34. The Morgan fingerprint density at radius 1 is 1.21 bits per heavy atom. The molecule has 0 fully saturated rings. The zero-order chi connectivity index (χ0) is 17.1. The van der Waals surface area contributed by atoms with Crippen molar-refractivity contribution in [1.82, 2.24) is 14.5 Å². The molecule has 4 nitrogen and oxygen atoms in total. The minimum Gasteiger partial charge on any atom is -0.295 e. The molecule has 0 N–H and O–H groups in total. The van der Waals surface area contributed by atoms with Crippen LogP contribution in [0, 0.1) is 0 Å². The summed E-state index contributed by atoms with van der Waals surface area (Å²) in [5.74, 6) is 0.657. The number of imidazole rings is 1. The van der Waals surface area contributed by atoms with E-state index in [-0.39, 0.29) is 5.78 Å². The van der Waals surface area contributed by atoms with Gasteiger partial charge in [-0.05, 0) is 50.3 Å². The van der Waals surface area contributed by atoms with Crippen molar-refractivity contribution in [1.29, 1.82) is 0 Å². The fourth-order valence-electron chi connectivity index (χ4n) is 2.55. The Hall–Kier alpha value is -2.72. The van der Waals surface area contributed by atoms with E-state index in [4.69, 9.17) is 16.6 Å². The Balaban J connectivity index is 2.33. The molecular formula is C19H16ClN3O. The van der Waals surface area contributed by atoms with E-state index in [9.17, 15) is 4.79 Å². The van der Waals surface area contributed by atoms with Crippen LogP contribution in [0.1, 0.15) is 19.7 Å². The van der Waals surface area contributed by atoms with Crippen molar-refractivity contribution in [3.8, 4) is 5.69 Å². The second kappa shape index (κ2) is 6.81. The summed E-state index contributed by atoms with van der Waals surface area (Å²) in [7, 11) is 0. The summed E-state index contributed by atoms with van der Waals surface area (Å²) in [6.07, 6.45) is 8.82. The summed E-state index contributed by atoms with van der Waals surface area (Å²) >= 11 is 6.01. The van der Waals surface area contributed by atoms with Crippen LogP contribution in [0.2, 0.25) is 5.02 Å². The molecule has 120 valence electrons. The van der Waals surface area contributed by atoms with Crippen molar-refractivity contribution in [2.45, 2.75) is 13.8 Å². The second-order valence-electron chi connectivity index (χ2n) is 5.32. The highest BCUT2D eigenvalue weighted by Gasteiger charge is 2.15. The van der Waals surface area contributed by atoms with Crippen LogP contribution in [0.25, 0.3) is 22.3 Å². The molecule has 24 heavy (non-hydrogen) atoms. The Kier molecular flexibility index (Phi) is 4.58. The number of aromatic nitrogens is 3. The molecule has 0 unspecified atom stereocenters. The average Bonchev–Trinajstić information content (AvgIpc) is 2.94. The van der Waals surface area contributed by atoms with Crippen LogP contribution in [0.3, 0.4) is 0 Å². The van der Waals surface area contributed by atoms with Crippen LogP contribution in [-0.2, 0) is 4.79 Å². The number of fused-ring (bicyclic) bond motifs is 1. The smallest absolute Gasteiger partial charge is 0.153 e. The molecule has 0 saturated carbocycles. The van der Waals surface area contributed by atoms with Crippen molar-refractivity contribution in [3.05, 3.63) is 71.8 Å². The van der Waals surface area contributed by atoms with Gasteiger partial charge in [-0.15, -0.1) is 0 Å². The standard InChI is InChI=1S/C19H16ClN3O/c1-3-4-14(11-13(2)24)19-22-17-9-10-21-12-18(17)23(19)16-7-5-15(20)6-8-16/h3-12H,1-2H3/b4-3-,14-11+. The first kappa shape index (κ1) is 16.1. The van der Waals surface area contributed by atoms with Crippen LogP contribution in [0.4, 0.5) is 0 Å². The van der Waals surface area contributed by atoms with Gasteiger partial charge in [0.25, 0.3) is 0 Å². The first-order chi connectivity index (χ1) is 11.6. The van der Waals surface area contributed by atoms with Crippen molar-refractivity contribution in [2.75, 3.05) is 0 Å². The molecule has 0 amide bonds. The SMILES string of the molecule is C/C=C\C(=C/C(C)=O)c1nc2ccncc2n1-c1ccc(Cl)cc1. The fourth-order valence-corrected chi connectivity index (χ4v) is 2.68. The van der Waals surface area contributed by atoms with E-state index >= 15 is 0 Å². The molecule has 0 radical (unpaired) electrons. The van der Waals surface area contributed by atoms with Gasteiger partial charge in [0.1, 0.15) is 5.82 Å². The molecule has 0 aliphatic heterocycles. The van der Waals surface area contributed by atoms with Gasteiger partial charge in [-0.25, -0.2) is 4.98 Å². The summed E-state index contributed by atoms with van der Waals surface area (Å²) in [5, 5.41) is 0.663. The van der Waals surface area contributed by atoms with E-state index in [0.717, 1.165) is 22.3 Å². The number of carbonyl (C=O) groups is 1. The maximum Gasteiger partial charge on any atom is 0.153 e. The topological polar surface area (TPSA) is 47.8 Å². The predicted molar refractivity (Wildman–Crippen MR) is 97.3 cm³/mol. The molecule has 1 aromatic carbocycles. The highest BCUT2D eigenvalue weighted by molar-refractivity contribution is 6.30. The molecule has 5 heteroatoms. The third kappa shape index (κ3) is 3.14. The largest absolute Gasteiger partial charge is 0.295 e. The quantitative estimate of drug-likeness (QED) is 0.515. The zero-order valence-corrected chi connectivity index (χ0v) is 14.2. The van der Waals surface area contributed by atoms with Gasteiger partial charge in [-0.1, -0.05) is 23.8 Å². The van der Waals surface area contributed by atoms with Crippen LogP contribution >= 0.6 is 11.6 Å². The molecule has 0 aliphatic carbocycles. The molecule has 2 heterocycles.